The standard InChI is InChI=1S/C23H30N6O/c1-27(2)23-25-15-18(28(23)3)16-29-13-10-17(11-14-29)22-24-12-9-20(26-22)19-7-5-6-8-21(19)30-4/h5-9,12,15,17H,10-11,13-14,16H2,1-4H3. The fourth-order valence-electron chi connectivity index (χ4n) is 4.15. The van der Waals surface area contributed by atoms with Gasteiger partial charge in [-0.25, -0.2) is 15.0 Å². The Hall–Kier alpha value is -2.93. The molecule has 0 aliphatic carbocycles. The highest BCUT2D eigenvalue weighted by molar-refractivity contribution is 5.66. The van der Waals surface area contributed by atoms with Crippen LogP contribution in [0.5, 0.6) is 5.75 Å². The second-order valence-corrected chi connectivity index (χ2v) is 8.05. The van der Waals surface area contributed by atoms with E-state index in [0.717, 1.165) is 61.3 Å². The molecule has 30 heavy (non-hydrogen) atoms. The third kappa shape index (κ3) is 4.16. The van der Waals surface area contributed by atoms with Gasteiger partial charge < -0.3 is 14.2 Å². The molecule has 1 aliphatic heterocycles. The summed E-state index contributed by atoms with van der Waals surface area (Å²) in [6, 6.07) is 9.96. The molecule has 1 saturated heterocycles. The zero-order valence-electron chi connectivity index (χ0n) is 18.2. The molecule has 4 rings (SSSR count). The van der Waals surface area contributed by atoms with Crippen LogP contribution in [-0.2, 0) is 13.6 Å². The first-order valence-electron chi connectivity index (χ1n) is 10.4. The lowest BCUT2D eigenvalue weighted by Crippen LogP contribution is -2.33. The molecular weight excluding hydrogens is 376 g/mol. The van der Waals surface area contributed by atoms with Gasteiger partial charge in [-0.15, -0.1) is 0 Å². The van der Waals surface area contributed by atoms with E-state index >= 15 is 0 Å². The number of ether oxygens (including phenoxy) is 1. The molecule has 0 saturated carbocycles. The summed E-state index contributed by atoms with van der Waals surface area (Å²) in [5.41, 5.74) is 3.17. The van der Waals surface area contributed by atoms with Gasteiger partial charge in [0.05, 0.1) is 24.7 Å². The number of aromatic nitrogens is 4. The number of anilines is 1. The van der Waals surface area contributed by atoms with Crippen LogP contribution in [0.4, 0.5) is 5.95 Å². The first kappa shape index (κ1) is 20.3. The molecule has 0 atom stereocenters. The summed E-state index contributed by atoms with van der Waals surface area (Å²) in [6.45, 7) is 3.00. The fraction of sp³-hybridized carbons (Fsp3) is 0.435. The summed E-state index contributed by atoms with van der Waals surface area (Å²) in [5, 5.41) is 0. The maximum absolute atomic E-state index is 5.50. The lowest BCUT2D eigenvalue weighted by atomic mass is 9.95. The molecule has 0 unspecified atom stereocenters. The van der Waals surface area contributed by atoms with Crippen molar-refractivity contribution in [2.24, 2.45) is 7.05 Å². The molecule has 0 spiro atoms. The number of hydrogen-bond acceptors (Lipinski definition) is 6. The number of nitrogens with zero attached hydrogens (tertiary/aromatic N) is 6. The van der Waals surface area contributed by atoms with E-state index < -0.39 is 0 Å². The highest BCUT2D eigenvalue weighted by Gasteiger charge is 2.24. The molecule has 2 aromatic heterocycles. The van der Waals surface area contributed by atoms with Crippen LogP contribution in [0, 0.1) is 0 Å². The third-order valence-corrected chi connectivity index (χ3v) is 5.86. The monoisotopic (exact) mass is 406 g/mol. The number of para-hydroxylation sites is 1. The van der Waals surface area contributed by atoms with Crippen molar-refractivity contribution < 1.29 is 4.74 Å². The molecule has 1 aromatic carbocycles. The van der Waals surface area contributed by atoms with Crippen LogP contribution >= 0.6 is 0 Å². The van der Waals surface area contributed by atoms with Crippen molar-refractivity contribution in [2.75, 3.05) is 39.2 Å². The van der Waals surface area contributed by atoms with Crippen LogP contribution in [0.25, 0.3) is 11.3 Å². The Bertz CT molecular complexity index is 991. The van der Waals surface area contributed by atoms with Crippen molar-refractivity contribution in [3.8, 4) is 17.0 Å². The van der Waals surface area contributed by atoms with Gasteiger partial charge in [-0.1, -0.05) is 12.1 Å². The topological polar surface area (TPSA) is 59.3 Å². The highest BCUT2D eigenvalue weighted by atomic mass is 16.5. The minimum Gasteiger partial charge on any atom is -0.496 e. The van der Waals surface area contributed by atoms with E-state index in [1.165, 1.54) is 5.69 Å². The summed E-state index contributed by atoms with van der Waals surface area (Å²) in [7, 11) is 7.83. The summed E-state index contributed by atoms with van der Waals surface area (Å²) in [5.74, 6) is 3.15. The highest BCUT2D eigenvalue weighted by Crippen LogP contribution is 2.31. The average Bonchev–Trinajstić information content (AvgIpc) is 3.14. The summed E-state index contributed by atoms with van der Waals surface area (Å²) in [6.07, 6.45) is 5.98. The second-order valence-electron chi connectivity index (χ2n) is 8.05. The number of imidazole rings is 1. The maximum Gasteiger partial charge on any atom is 0.204 e. The average molecular weight is 407 g/mol. The first-order chi connectivity index (χ1) is 14.6. The van der Waals surface area contributed by atoms with E-state index in [-0.39, 0.29) is 0 Å². The smallest absolute Gasteiger partial charge is 0.204 e. The molecule has 0 N–H and O–H groups in total. The lowest BCUT2D eigenvalue weighted by Gasteiger charge is -2.31. The minimum atomic E-state index is 0.389. The van der Waals surface area contributed by atoms with Gasteiger partial charge in [-0.05, 0) is 44.1 Å². The van der Waals surface area contributed by atoms with E-state index in [1.54, 1.807) is 7.11 Å². The molecule has 0 bridgehead atoms. The number of likely N-dealkylation sites (tertiary alicyclic amines) is 1. The van der Waals surface area contributed by atoms with Crippen molar-refractivity contribution in [1.82, 2.24) is 24.4 Å². The number of rotatable bonds is 6. The Balaban J connectivity index is 1.42. The molecule has 7 nitrogen and oxygen atoms in total. The largest absolute Gasteiger partial charge is 0.496 e. The van der Waals surface area contributed by atoms with Crippen LogP contribution < -0.4 is 9.64 Å². The Kier molecular flexibility index (Phi) is 5.99. The Morgan fingerprint density at radius 3 is 2.57 bits per heavy atom. The van der Waals surface area contributed by atoms with Crippen LogP contribution in [-0.4, -0.2) is 58.7 Å². The minimum absolute atomic E-state index is 0.389. The van der Waals surface area contributed by atoms with E-state index in [1.807, 2.05) is 61.7 Å². The summed E-state index contributed by atoms with van der Waals surface area (Å²) >= 11 is 0. The molecule has 0 radical (unpaired) electrons. The van der Waals surface area contributed by atoms with E-state index in [0.29, 0.717) is 5.92 Å². The van der Waals surface area contributed by atoms with Crippen LogP contribution in [0.3, 0.4) is 0 Å². The second kappa shape index (κ2) is 8.83. The molecule has 158 valence electrons. The van der Waals surface area contributed by atoms with Gasteiger partial charge in [-0.2, -0.15) is 0 Å². The van der Waals surface area contributed by atoms with Crippen molar-refractivity contribution >= 4 is 5.95 Å². The zero-order valence-corrected chi connectivity index (χ0v) is 18.2. The van der Waals surface area contributed by atoms with Gasteiger partial charge >= 0.3 is 0 Å². The van der Waals surface area contributed by atoms with Gasteiger partial charge in [-0.3, -0.25) is 4.90 Å². The predicted octanol–water partition coefficient (Wildman–Crippen LogP) is 3.33. The molecule has 1 fully saturated rings. The number of methoxy groups -OCH3 is 1. The normalized spacial score (nSPS) is 15.3. The third-order valence-electron chi connectivity index (χ3n) is 5.86. The van der Waals surface area contributed by atoms with Crippen LogP contribution in [0.2, 0.25) is 0 Å². The summed E-state index contributed by atoms with van der Waals surface area (Å²) in [4.78, 5) is 18.6. The quantitative estimate of drug-likeness (QED) is 0.626. The maximum atomic E-state index is 5.50. The number of benzene rings is 1. The molecule has 3 heterocycles. The van der Waals surface area contributed by atoms with Crippen LogP contribution in [0.15, 0.2) is 42.7 Å². The predicted molar refractivity (Wildman–Crippen MR) is 119 cm³/mol. The van der Waals surface area contributed by atoms with Gasteiger partial charge in [0.25, 0.3) is 0 Å². The molecule has 1 aliphatic rings. The SMILES string of the molecule is COc1ccccc1-c1ccnc(C2CCN(Cc3cnc(N(C)C)n3C)CC2)n1. The van der Waals surface area contributed by atoms with E-state index in [9.17, 15) is 0 Å². The molecule has 0 amide bonds. The first-order valence-corrected chi connectivity index (χ1v) is 10.4. The molecule has 3 aromatic rings. The van der Waals surface area contributed by atoms with Gasteiger partial charge in [0.1, 0.15) is 11.6 Å². The molecular formula is C23H30N6O. The zero-order chi connectivity index (χ0) is 21.1. The van der Waals surface area contributed by atoms with Crippen molar-refractivity contribution in [2.45, 2.75) is 25.3 Å². The molecule has 7 heteroatoms. The van der Waals surface area contributed by atoms with E-state index in [2.05, 4.69) is 26.5 Å². The fourth-order valence-corrected chi connectivity index (χ4v) is 4.15. The van der Waals surface area contributed by atoms with Crippen LogP contribution in [0.1, 0.15) is 30.3 Å². The number of hydrogen-bond donors (Lipinski definition) is 0. The van der Waals surface area contributed by atoms with Gasteiger partial charge in [0.2, 0.25) is 5.95 Å². The van der Waals surface area contributed by atoms with E-state index in [4.69, 9.17) is 9.72 Å². The Morgan fingerprint density at radius 1 is 1.10 bits per heavy atom. The van der Waals surface area contributed by atoms with Crippen molar-refractivity contribution in [1.29, 1.82) is 0 Å². The lowest BCUT2D eigenvalue weighted by molar-refractivity contribution is 0.198. The summed E-state index contributed by atoms with van der Waals surface area (Å²) < 4.78 is 7.68. The van der Waals surface area contributed by atoms with Gasteiger partial charge in [0.15, 0.2) is 0 Å². The number of piperidine rings is 1. The Labute approximate surface area is 178 Å². The van der Waals surface area contributed by atoms with Gasteiger partial charge in [0, 0.05) is 45.4 Å². The van der Waals surface area contributed by atoms with Crippen molar-refractivity contribution in [3.63, 3.8) is 0 Å². The van der Waals surface area contributed by atoms with Crippen molar-refractivity contribution in [3.05, 3.63) is 54.2 Å². The Morgan fingerprint density at radius 2 is 1.87 bits per heavy atom.